The molecule has 0 spiro atoms. The predicted molar refractivity (Wildman–Crippen MR) is 165 cm³/mol. The SMILES string of the molecule is CC(C)C[C@H]1O[C@@H](COC(=O)CC(C)(C)C)[C@@H](C(C(=O)O)C(C)(C)C)[C@H](C(C(=O)O)C(C)(C)C)[C@H]1C(C(=O)O)C(C)(C)C. The molecule has 1 aliphatic heterocycles. The molecule has 3 N–H and O–H groups in total. The van der Waals surface area contributed by atoms with E-state index in [0.717, 1.165) is 0 Å². The Balaban J connectivity index is 4.21. The van der Waals surface area contributed by atoms with Gasteiger partial charge in [0, 0.05) is 11.8 Å². The first-order chi connectivity index (χ1) is 19.1. The molecule has 1 fully saturated rings. The highest BCUT2D eigenvalue weighted by atomic mass is 16.6. The van der Waals surface area contributed by atoms with E-state index in [1.165, 1.54) is 0 Å². The lowest BCUT2D eigenvalue weighted by molar-refractivity contribution is -0.232. The van der Waals surface area contributed by atoms with Gasteiger partial charge in [0.05, 0.1) is 36.4 Å². The first-order valence-corrected chi connectivity index (χ1v) is 15.6. The van der Waals surface area contributed by atoms with Crippen molar-refractivity contribution >= 4 is 23.9 Å². The third-order valence-corrected chi connectivity index (χ3v) is 8.64. The first-order valence-electron chi connectivity index (χ1n) is 15.6. The summed E-state index contributed by atoms with van der Waals surface area (Å²) < 4.78 is 12.5. The van der Waals surface area contributed by atoms with Gasteiger partial charge in [0.1, 0.15) is 6.61 Å². The maximum Gasteiger partial charge on any atom is 0.307 e. The molecule has 9 heteroatoms. The maximum atomic E-state index is 13.3. The van der Waals surface area contributed by atoms with Crippen molar-refractivity contribution in [1.29, 1.82) is 0 Å². The van der Waals surface area contributed by atoms with Crippen molar-refractivity contribution in [1.82, 2.24) is 0 Å². The van der Waals surface area contributed by atoms with Gasteiger partial charge >= 0.3 is 23.9 Å². The van der Waals surface area contributed by atoms with E-state index in [1.807, 2.05) is 55.4 Å². The third-order valence-electron chi connectivity index (χ3n) is 8.64. The minimum atomic E-state index is -1.13. The van der Waals surface area contributed by atoms with Crippen molar-refractivity contribution < 1.29 is 44.0 Å². The van der Waals surface area contributed by atoms with Crippen molar-refractivity contribution in [3.63, 3.8) is 0 Å². The van der Waals surface area contributed by atoms with E-state index < -0.39 is 87.8 Å². The van der Waals surface area contributed by atoms with Gasteiger partial charge in [-0.25, -0.2) is 0 Å². The van der Waals surface area contributed by atoms with Gasteiger partial charge in [-0.05, 0) is 39.9 Å². The van der Waals surface area contributed by atoms with Crippen LogP contribution in [0.5, 0.6) is 0 Å². The summed E-state index contributed by atoms with van der Waals surface area (Å²) in [6, 6.07) is 0. The first kappa shape index (κ1) is 38.9. The molecule has 0 aliphatic carbocycles. The molecular weight excluding hydrogens is 552 g/mol. The van der Waals surface area contributed by atoms with Crippen LogP contribution >= 0.6 is 0 Å². The Morgan fingerprint density at radius 2 is 0.977 bits per heavy atom. The molecule has 0 aromatic carbocycles. The largest absolute Gasteiger partial charge is 0.481 e. The van der Waals surface area contributed by atoms with Gasteiger partial charge in [-0.15, -0.1) is 0 Å². The van der Waals surface area contributed by atoms with Crippen LogP contribution in [-0.4, -0.2) is 58.0 Å². The molecule has 1 heterocycles. The zero-order valence-corrected chi connectivity index (χ0v) is 29.1. The molecule has 1 rings (SSSR count). The van der Waals surface area contributed by atoms with Crippen molar-refractivity contribution in [2.24, 2.45) is 63.1 Å². The van der Waals surface area contributed by atoms with E-state index in [2.05, 4.69) is 0 Å². The summed E-state index contributed by atoms with van der Waals surface area (Å²) in [5.74, 6) is -9.67. The average Bonchev–Trinajstić information content (AvgIpc) is 2.70. The monoisotopic (exact) mass is 612 g/mol. The maximum absolute atomic E-state index is 13.3. The topological polar surface area (TPSA) is 147 Å². The third kappa shape index (κ3) is 10.5. The van der Waals surface area contributed by atoms with E-state index >= 15 is 0 Å². The minimum Gasteiger partial charge on any atom is -0.481 e. The van der Waals surface area contributed by atoms with Crippen LogP contribution in [-0.2, 0) is 28.7 Å². The molecule has 0 bridgehead atoms. The number of hydrogen-bond donors (Lipinski definition) is 3. The van der Waals surface area contributed by atoms with Gasteiger partial charge in [-0.2, -0.15) is 0 Å². The molecule has 0 aromatic rings. The number of ether oxygens (including phenoxy) is 2. The van der Waals surface area contributed by atoms with Gasteiger partial charge in [-0.1, -0.05) is 96.9 Å². The van der Waals surface area contributed by atoms with Crippen LogP contribution in [0, 0.1) is 63.1 Å². The highest BCUT2D eigenvalue weighted by Crippen LogP contribution is 2.56. The molecule has 1 aliphatic rings. The van der Waals surface area contributed by atoms with Gasteiger partial charge in [0.15, 0.2) is 0 Å². The number of carbonyl (C=O) groups excluding carboxylic acids is 1. The summed E-state index contributed by atoms with van der Waals surface area (Å²) in [5.41, 5.74) is -2.86. The average molecular weight is 613 g/mol. The molecule has 9 nitrogen and oxygen atoms in total. The molecule has 0 radical (unpaired) electrons. The number of rotatable bonds is 11. The summed E-state index contributed by atoms with van der Waals surface area (Å²) in [5, 5.41) is 32.3. The molecule has 8 atom stereocenters. The number of aliphatic carboxylic acids is 3. The highest BCUT2D eigenvalue weighted by molar-refractivity contribution is 5.75. The number of carboxylic acids is 3. The van der Waals surface area contributed by atoms with E-state index in [-0.39, 0.29) is 24.4 Å². The Kier molecular flexibility index (Phi) is 12.5. The second-order valence-electron chi connectivity index (χ2n) is 17.5. The van der Waals surface area contributed by atoms with Crippen LogP contribution in [0.3, 0.4) is 0 Å². The summed E-state index contributed by atoms with van der Waals surface area (Å²) >= 11 is 0. The fourth-order valence-electron chi connectivity index (χ4n) is 7.30. The Bertz CT molecular complexity index is 987. The van der Waals surface area contributed by atoms with Crippen LogP contribution in [0.1, 0.15) is 110 Å². The smallest absolute Gasteiger partial charge is 0.307 e. The summed E-state index contributed by atoms with van der Waals surface area (Å²) in [7, 11) is 0. The number of esters is 1. The van der Waals surface area contributed by atoms with E-state index in [9.17, 15) is 34.5 Å². The zero-order valence-electron chi connectivity index (χ0n) is 29.1. The van der Waals surface area contributed by atoms with Crippen LogP contribution in [0.15, 0.2) is 0 Å². The van der Waals surface area contributed by atoms with Gasteiger partial charge < -0.3 is 24.8 Å². The van der Waals surface area contributed by atoms with Crippen molar-refractivity contribution in [2.45, 2.75) is 122 Å². The van der Waals surface area contributed by atoms with E-state index in [4.69, 9.17) is 9.47 Å². The summed E-state index contributed by atoms with van der Waals surface area (Å²) in [6.07, 6.45) is -1.08. The zero-order chi connectivity index (χ0) is 34.0. The van der Waals surface area contributed by atoms with Crippen molar-refractivity contribution in [3.05, 3.63) is 0 Å². The minimum absolute atomic E-state index is 0.0685. The second-order valence-corrected chi connectivity index (χ2v) is 17.5. The van der Waals surface area contributed by atoms with Crippen molar-refractivity contribution in [3.8, 4) is 0 Å². The molecular formula is C34H60O9. The number of carbonyl (C=O) groups is 4. The lowest BCUT2D eigenvalue weighted by Crippen LogP contribution is -2.63. The Hall–Kier alpha value is -2.16. The summed E-state index contributed by atoms with van der Waals surface area (Å²) in [6.45, 7) is 25.6. The molecule has 0 saturated carbocycles. The molecule has 1 saturated heterocycles. The van der Waals surface area contributed by atoms with Gasteiger partial charge in [-0.3, -0.25) is 19.2 Å². The van der Waals surface area contributed by atoms with E-state index in [1.54, 1.807) is 41.5 Å². The molecule has 250 valence electrons. The summed E-state index contributed by atoms with van der Waals surface area (Å²) in [4.78, 5) is 52.4. The van der Waals surface area contributed by atoms with E-state index in [0.29, 0.717) is 6.42 Å². The number of hydrogen-bond acceptors (Lipinski definition) is 6. The normalized spacial score (nSPS) is 26.0. The molecule has 43 heavy (non-hydrogen) atoms. The van der Waals surface area contributed by atoms with Gasteiger partial charge in [0.25, 0.3) is 0 Å². The molecule has 0 amide bonds. The highest BCUT2D eigenvalue weighted by Gasteiger charge is 2.62. The Morgan fingerprint density at radius 3 is 1.28 bits per heavy atom. The Labute approximate surface area is 259 Å². The Morgan fingerprint density at radius 1 is 0.628 bits per heavy atom. The quantitative estimate of drug-likeness (QED) is 0.213. The fourth-order valence-corrected chi connectivity index (χ4v) is 7.30. The lowest BCUT2D eigenvalue weighted by Gasteiger charge is -2.57. The van der Waals surface area contributed by atoms with Crippen LogP contribution in [0.2, 0.25) is 0 Å². The number of carboxylic acid groups (broad SMARTS) is 3. The predicted octanol–water partition coefficient (Wildman–Crippen LogP) is 6.87. The van der Waals surface area contributed by atoms with Crippen LogP contribution in [0.4, 0.5) is 0 Å². The fraction of sp³-hybridized carbons (Fsp3) is 0.882. The second kappa shape index (κ2) is 13.9. The van der Waals surface area contributed by atoms with Crippen LogP contribution < -0.4 is 0 Å². The molecule has 0 aromatic heterocycles. The lowest BCUT2D eigenvalue weighted by atomic mass is 9.51. The van der Waals surface area contributed by atoms with Crippen LogP contribution in [0.25, 0.3) is 0 Å². The van der Waals surface area contributed by atoms with Crippen molar-refractivity contribution in [2.75, 3.05) is 6.61 Å². The molecule has 3 unspecified atom stereocenters. The van der Waals surface area contributed by atoms with Gasteiger partial charge in [0.2, 0.25) is 0 Å². The standard InChI is InChI=1S/C34H60O9/c1-18(2)15-19-22(25(28(36)37)32(6,7)8)24(27(30(40)41)34(12,13)14)23(26(29(38)39)33(9,10)11)20(43-19)17-42-21(35)16-31(3,4)5/h18-20,22-27H,15-17H2,1-14H3,(H,36,37)(H,38,39)(H,40,41)/t19-,20+,22+,23-,24-,25?,26?,27?/m1/s1.